The van der Waals surface area contributed by atoms with Crippen LogP contribution in [0.5, 0.6) is 5.75 Å². The molecule has 3 aromatic rings. The number of aliphatic hydroxyl groups is 1. The maximum absolute atomic E-state index is 13.0. The summed E-state index contributed by atoms with van der Waals surface area (Å²) in [4.78, 5) is 17.3. The second kappa shape index (κ2) is 6.91. The first-order chi connectivity index (χ1) is 13.7. The molecule has 28 heavy (non-hydrogen) atoms. The van der Waals surface area contributed by atoms with Gasteiger partial charge >= 0.3 is 0 Å². The van der Waals surface area contributed by atoms with Gasteiger partial charge in [0.05, 0.1) is 24.3 Å². The van der Waals surface area contributed by atoms with Crippen molar-refractivity contribution in [2.75, 3.05) is 6.61 Å². The predicted octanol–water partition coefficient (Wildman–Crippen LogP) is 3.41. The quantitative estimate of drug-likeness (QED) is 0.734. The van der Waals surface area contributed by atoms with Crippen LogP contribution in [0.2, 0.25) is 0 Å². The summed E-state index contributed by atoms with van der Waals surface area (Å²) in [5.74, 6) is 1.07. The summed E-state index contributed by atoms with van der Waals surface area (Å²) in [7, 11) is 0. The van der Waals surface area contributed by atoms with Gasteiger partial charge in [-0.1, -0.05) is 12.1 Å². The number of pyridine rings is 1. The first-order valence-corrected chi connectivity index (χ1v) is 9.77. The molecule has 5 rings (SSSR count). The SMILES string of the molecule is O=C(NC(c1ccc2c(c1)CCO2)C1CC(O)C1)c1ccc2ncccc2c1. The van der Waals surface area contributed by atoms with Crippen molar-refractivity contribution in [1.29, 1.82) is 0 Å². The summed E-state index contributed by atoms with van der Waals surface area (Å²) >= 11 is 0. The van der Waals surface area contributed by atoms with Crippen LogP contribution < -0.4 is 10.1 Å². The van der Waals surface area contributed by atoms with E-state index >= 15 is 0 Å². The third kappa shape index (κ3) is 3.12. The van der Waals surface area contributed by atoms with Crippen molar-refractivity contribution in [2.24, 2.45) is 5.92 Å². The molecule has 1 saturated carbocycles. The molecule has 1 atom stereocenters. The highest BCUT2D eigenvalue weighted by atomic mass is 16.5. The van der Waals surface area contributed by atoms with E-state index in [4.69, 9.17) is 4.74 Å². The summed E-state index contributed by atoms with van der Waals surface area (Å²) in [5.41, 5.74) is 3.76. The molecular weight excluding hydrogens is 352 g/mol. The molecule has 0 radical (unpaired) electrons. The number of hydrogen-bond acceptors (Lipinski definition) is 4. The molecular formula is C23H22N2O3. The van der Waals surface area contributed by atoms with Crippen LogP contribution in [0.15, 0.2) is 54.7 Å². The zero-order valence-electron chi connectivity index (χ0n) is 15.5. The third-order valence-electron chi connectivity index (χ3n) is 5.85. The molecule has 5 nitrogen and oxygen atoms in total. The van der Waals surface area contributed by atoms with Crippen molar-refractivity contribution in [3.8, 4) is 5.75 Å². The van der Waals surface area contributed by atoms with Gasteiger partial charge in [0.15, 0.2) is 0 Å². The average molecular weight is 374 g/mol. The Balaban J connectivity index is 1.43. The minimum Gasteiger partial charge on any atom is -0.493 e. The van der Waals surface area contributed by atoms with Gasteiger partial charge in [-0.15, -0.1) is 0 Å². The fraction of sp³-hybridized carbons (Fsp3) is 0.304. The number of ether oxygens (including phenoxy) is 1. The second-order valence-corrected chi connectivity index (χ2v) is 7.71. The van der Waals surface area contributed by atoms with Gasteiger partial charge in [-0.05, 0) is 66.3 Å². The van der Waals surface area contributed by atoms with E-state index in [1.165, 1.54) is 5.56 Å². The van der Waals surface area contributed by atoms with Gasteiger partial charge in [-0.25, -0.2) is 0 Å². The fourth-order valence-corrected chi connectivity index (χ4v) is 4.22. The molecule has 1 amide bonds. The molecule has 1 fully saturated rings. The van der Waals surface area contributed by atoms with E-state index in [0.717, 1.165) is 28.6 Å². The lowest BCUT2D eigenvalue weighted by Crippen LogP contribution is -2.41. The molecule has 1 aromatic heterocycles. The lowest BCUT2D eigenvalue weighted by molar-refractivity contribution is 0.0235. The number of benzene rings is 2. The fourth-order valence-electron chi connectivity index (χ4n) is 4.22. The first kappa shape index (κ1) is 17.2. The van der Waals surface area contributed by atoms with E-state index in [1.807, 2.05) is 42.5 Å². The minimum atomic E-state index is -0.270. The molecule has 1 aliphatic carbocycles. The number of nitrogens with zero attached hydrogens (tertiary/aromatic N) is 1. The van der Waals surface area contributed by atoms with Crippen LogP contribution in [0.25, 0.3) is 10.9 Å². The molecule has 0 bridgehead atoms. The van der Waals surface area contributed by atoms with Crippen LogP contribution in [0.1, 0.15) is 40.4 Å². The molecule has 0 spiro atoms. The second-order valence-electron chi connectivity index (χ2n) is 7.71. The predicted molar refractivity (Wildman–Crippen MR) is 106 cm³/mol. The molecule has 1 aliphatic heterocycles. The largest absolute Gasteiger partial charge is 0.493 e. The number of carbonyl (C=O) groups excluding carboxylic acids is 1. The van der Waals surface area contributed by atoms with Crippen LogP contribution in [-0.2, 0) is 6.42 Å². The van der Waals surface area contributed by atoms with Gasteiger partial charge < -0.3 is 15.2 Å². The Morgan fingerprint density at radius 2 is 2.07 bits per heavy atom. The smallest absolute Gasteiger partial charge is 0.251 e. The third-order valence-corrected chi connectivity index (χ3v) is 5.85. The van der Waals surface area contributed by atoms with Gasteiger partial charge in [-0.2, -0.15) is 0 Å². The average Bonchev–Trinajstić information content (AvgIpc) is 3.17. The maximum Gasteiger partial charge on any atom is 0.251 e. The highest BCUT2D eigenvalue weighted by molar-refractivity contribution is 5.98. The number of aliphatic hydroxyl groups excluding tert-OH is 1. The molecule has 142 valence electrons. The number of rotatable bonds is 4. The van der Waals surface area contributed by atoms with E-state index in [1.54, 1.807) is 6.20 Å². The van der Waals surface area contributed by atoms with E-state index < -0.39 is 0 Å². The molecule has 2 aliphatic rings. The van der Waals surface area contributed by atoms with Crippen LogP contribution in [0.3, 0.4) is 0 Å². The number of hydrogen-bond donors (Lipinski definition) is 2. The van der Waals surface area contributed by atoms with Crippen molar-refractivity contribution >= 4 is 16.8 Å². The van der Waals surface area contributed by atoms with Gasteiger partial charge in [0.2, 0.25) is 0 Å². The Morgan fingerprint density at radius 3 is 2.93 bits per heavy atom. The molecule has 2 heterocycles. The van der Waals surface area contributed by atoms with Crippen LogP contribution in [0, 0.1) is 5.92 Å². The number of carbonyl (C=O) groups is 1. The van der Waals surface area contributed by atoms with Crippen molar-refractivity contribution in [1.82, 2.24) is 10.3 Å². The maximum atomic E-state index is 13.0. The number of amides is 1. The molecule has 2 N–H and O–H groups in total. The lowest BCUT2D eigenvalue weighted by atomic mass is 9.74. The van der Waals surface area contributed by atoms with Crippen molar-refractivity contribution in [2.45, 2.75) is 31.4 Å². The Kier molecular flexibility index (Phi) is 4.24. The van der Waals surface area contributed by atoms with Crippen LogP contribution in [-0.4, -0.2) is 28.7 Å². The Labute approximate surface area is 163 Å². The van der Waals surface area contributed by atoms with E-state index in [2.05, 4.69) is 16.4 Å². The molecule has 0 saturated heterocycles. The van der Waals surface area contributed by atoms with Crippen LogP contribution in [0.4, 0.5) is 0 Å². The van der Waals surface area contributed by atoms with E-state index in [-0.39, 0.29) is 24.0 Å². The highest BCUT2D eigenvalue weighted by Crippen LogP contribution is 2.40. The summed E-state index contributed by atoms with van der Waals surface area (Å²) in [5, 5.41) is 14.0. The van der Waals surface area contributed by atoms with E-state index in [9.17, 15) is 9.90 Å². The van der Waals surface area contributed by atoms with Crippen molar-refractivity contribution in [3.05, 3.63) is 71.4 Å². The van der Waals surface area contributed by atoms with Crippen molar-refractivity contribution in [3.63, 3.8) is 0 Å². The Morgan fingerprint density at radius 1 is 1.18 bits per heavy atom. The van der Waals surface area contributed by atoms with Gasteiger partial charge in [-0.3, -0.25) is 9.78 Å². The molecule has 2 aromatic carbocycles. The Hall–Kier alpha value is -2.92. The normalized spacial score (nSPS) is 21.5. The highest BCUT2D eigenvalue weighted by Gasteiger charge is 2.36. The number of nitrogens with one attached hydrogen (secondary N) is 1. The summed E-state index contributed by atoms with van der Waals surface area (Å²) in [6, 6.07) is 15.4. The topological polar surface area (TPSA) is 71.5 Å². The lowest BCUT2D eigenvalue weighted by Gasteiger charge is -2.38. The van der Waals surface area contributed by atoms with Gasteiger partial charge in [0.25, 0.3) is 5.91 Å². The number of aromatic nitrogens is 1. The molecule has 5 heteroatoms. The minimum absolute atomic E-state index is 0.103. The van der Waals surface area contributed by atoms with Gasteiger partial charge in [0.1, 0.15) is 5.75 Å². The summed E-state index contributed by atoms with van der Waals surface area (Å²) in [6.07, 6.45) is 3.79. The number of fused-ring (bicyclic) bond motifs is 2. The van der Waals surface area contributed by atoms with Gasteiger partial charge in [0, 0.05) is 23.6 Å². The standard InChI is InChI=1S/C23H22N2O3/c26-19-12-18(13-19)22(16-4-6-21-15(11-16)7-9-28-21)25-23(27)17-3-5-20-14(10-17)2-1-8-24-20/h1-6,8,10-11,18-19,22,26H,7,9,12-13H2,(H,25,27). The first-order valence-electron chi connectivity index (χ1n) is 9.77. The summed E-state index contributed by atoms with van der Waals surface area (Å²) < 4.78 is 5.61. The monoisotopic (exact) mass is 374 g/mol. The zero-order chi connectivity index (χ0) is 19.1. The van der Waals surface area contributed by atoms with Crippen LogP contribution >= 0.6 is 0 Å². The zero-order valence-corrected chi connectivity index (χ0v) is 15.5. The van der Waals surface area contributed by atoms with E-state index in [0.29, 0.717) is 25.0 Å². The molecule has 1 unspecified atom stereocenters. The van der Waals surface area contributed by atoms with Crippen molar-refractivity contribution < 1.29 is 14.6 Å². The Bertz CT molecular complexity index is 1040. The summed E-state index contributed by atoms with van der Waals surface area (Å²) in [6.45, 7) is 0.711.